The fourth-order valence-corrected chi connectivity index (χ4v) is 3.02. The predicted molar refractivity (Wildman–Crippen MR) is 102 cm³/mol. The Morgan fingerprint density at radius 3 is 2.20 bits per heavy atom. The minimum absolute atomic E-state index is 0.216. The van der Waals surface area contributed by atoms with Crippen molar-refractivity contribution in [2.75, 3.05) is 5.32 Å². The topological polar surface area (TPSA) is 42.2 Å². The highest BCUT2D eigenvalue weighted by atomic mass is 16.4. The maximum atomic E-state index is 12.7. The van der Waals surface area contributed by atoms with Gasteiger partial charge in [0.2, 0.25) is 0 Å². The molecule has 0 spiro atoms. The molecule has 1 aromatic heterocycles. The molecule has 0 fully saturated rings. The summed E-state index contributed by atoms with van der Waals surface area (Å²) in [6.07, 6.45) is 0. The van der Waals surface area contributed by atoms with E-state index in [2.05, 4.69) is 23.5 Å². The first kappa shape index (κ1) is 17.0. The third kappa shape index (κ3) is 3.36. The van der Waals surface area contributed by atoms with Crippen molar-refractivity contribution in [3.05, 3.63) is 76.0 Å². The highest BCUT2D eigenvalue weighted by Crippen LogP contribution is 2.30. The quantitative estimate of drug-likeness (QED) is 0.664. The van der Waals surface area contributed by atoms with E-state index in [-0.39, 0.29) is 5.91 Å². The minimum atomic E-state index is -0.216. The Morgan fingerprint density at radius 1 is 0.840 bits per heavy atom. The van der Waals surface area contributed by atoms with Crippen LogP contribution >= 0.6 is 0 Å². The third-order valence-electron chi connectivity index (χ3n) is 4.50. The number of aryl methyl sites for hydroxylation is 5. The van der Waals surface area contributed by atoms with Gasteiger partial charge < -0.3 is 9.73 Å². The summed E-state index contributed by atoms with van der Waals surface area (Å²) >= 11 is 0. The Hall–Kier alpha value is -2.81. The Bertz CT molecular complexity index is 930. The summed E-state index contributed by atoms with van der Waals surface area (Å²) in [5.74, 6) is 0.871. The summed E-state index contributed by atoms with van der Waals surface area (Å²) in [4.78, 5) is 12.7. The van der Waals surface area contributed by atoms with Crippen molar-refractivity contribution in [2.24, 2.45) is 0 Å². The molecule has 3 heteroatoms. The number of carbonyl (C=O) groups is 1. The van der Waals surface area contributed by atoms with Gasteiger partial charge in [0.05, 0.1) is 0 Å². The standard InChI is InChI=1S/C22H23NO2/c1-13-9-10-14(2)18(11-13)19-12-17(5)21(25-19)22(24)23-20-15(3)7-6-8-16(20)4/h6-12H,1-5H3,(H,23,24). The molecule has 0 saturated heterocycles. The van der Waals surface area contributed by atoms with Crippen LogP contribution in [0.5, 0.6) is 0 Å². The molecule has 3 rings (SSSR count). The van der Waals surface area contributed by atoms with E-state index in [9.17, 15) is 4.79 Å². The van der Waals surface area contributed by atoms with Crippen molar-refractivity contribution in [1.29, 1.82) is 0 Å². The van der Waals surface area contributed by atoms with Crippen LogP contribution in [0.25, 0.3) is 11.3 Å². The van der Waals surface area contributed by atoms with Gasteiger partial charge in [-0.15, -0.1) is 0 Å². The fraction of sp³-hybridized carbons (Fsp3) is 0.227. The van der Waals surface area contributed by atoms with Crippen LogP contribution in [0.4, 0.5) is 5.69 Å². The molecule has 0 unspecified atom stereocenters. The predicted octanol–water partition coefficient (Wildman–Crippen LogP) is 5.74. The smallest absolute Gasteiger partial charge is 0.291 e. The van der Waals surface area contributed by atoms with Crippen LogP contribution in [0.1, 0.15) is 38.4 Å². The Kier molecular flexibility index (Phi) is 4.49. The number of benzene rings is 2. The summed E-state index contributed by atoms with van der Waals surface area (Å²) in [5.41, 5.74) is 7.06. The van der Waals surface area contributed by atoms with E-state index in [0.29, 0.717) is 5.76 Å². The molecule has 0 aliphatic carbocycles. The lowest BCUT2D eigenvalue weighted by Crippen LogP contribution is -2.14. The van der Waals surface area contributed by atoms with Gasteiger partial charge >= 0.3 is 0 Å². The summed E-state index contributed by atoms with van der Waals surface area (Å²) in [6.45, 7) is 9.96. The first-order valence-electron chi connectivity index (χ1n) is 8.42. The molecule has 3 nitrogen and oxygen atoms in total. The second-order valence-electron chi connectivity index (χ2n) is 6.66. The lowest BCUT2D eigenvalue weighted by Gasteiger charge is -2.10. The van der Waals surface area contributed by atoms with Crippen molar-refractivity contribution in [3.8, 4) is 11.3 Å². The average molecular weight is 333 g/mol. The lowest BCUT2D eigenvalue weighted by molar-refractivity contribution is 0.0996. The van der Waals surface area contributed by atoms with E-state index in [1.165, 1.54) is 0 Å². The van der Waals surface area contributed by atoms with Gasteiger partial charge in [0.25, 0.3) is 5.91 Å². The van der Waals surface area contributed by atoms with Crippen LogP contribution in [0.15, 0.2) is 46.9 Å². The second-order valence-corrected chi connectivity index (χ2v) is 6.66. The molecule has 0 saturated carbocycles. The number of carbonyl (C=O) groups excluding carboxylic acids is 1. The molecule has 1 heterocycles. The van der Waals surface area contributed by atoms with Crippen molar-refractivity contribution < 1.29 is 9.21 Å². The summed E-state index contributed by atoms with van der Waals surface area (Å²) < 4.78 is 5.94. The first-order chi connectivity index (χ1) is 11.9. The number of anilines is 1. The molecule has 1 N–H and O–H groups in total. The van der Waals surface area contributed by atoms with Crippen molar-refractivity contribution >= 4 is 11.6 Å². The zero-order chi connectivity index (χ0) is 18.1. The van der Waals surface area contributed by atoms with Crippen molar-refractivity contribution in [3.63, 3.8) is 0 Å². The highest BCUT2D eigenvalue weighted by molar-refractivity contribution is 6.04. The van der Waals surface area contributed by atoms with Gasteiger partial charge in [-0.2, -0.15) is 0 Å². The molecule has 0 radical (unpaired) electrons. The molecular weight excluding hydrogens is 310 g/mol. The van der Waals surface area contributed by atoms with Gasteiger partial charge in [0.1, 0.15) is 5.76 Å². The van der Waals surface area contributed by atoms with Gasteiger partial charge in [-0.25, -0.2) is 0 Å². The normalized spacial score (nSPS) is 10.8. The molecule has 0 bridgehead atoms. The van der Waals surface area contributed by atoms with Crippen LogP contribution in [0, 0.1) is 34.6 Å². The highest BCUT2D eigenvalue weighted by Gasteiger charge is 2.19. The van der Waals surface area contributed by atoms with Crippen molar-refractivity contribution in [1.82, 2.24) is 0 Å². The zero-order valence-corrected chi connectivity index (χ0v) is 15.4. The number of amides is 1. The number of hydrogen-bond donors (Lipinski definition) is 1. The van der Waals surface area contributed by atoms with Gasteiger partial charge in [0.15, 0.2) is 5.76 Å². The van der Waals surface area contributed by atoms with E-state index in [4.69, 9.17) is 4.42 Å². The van der Waals surface area contributed by atoms with Gasteiger partial charge in [-0.1, -0.05) is 35.9 Å². The SMILES string of the molecule is Cc1ccc(C)c(-c2cc(C)c(C(=O)Nc3c(C)cccc3C)o2)c1. The molecule has 25 heavy (non-hydrogen) atoms. The second kappa shape index (κ2) is 6.60. The van der Waals surface area contributed by atoms with E-state index in [1.54, 1.807) is 0 Å². The van der Waals surface area contributed by atoms with Crippen LogP contribution in [-0.4, -0.2) is 5.91 Å². The maximum absolute atomic E-state index is 12.7. The molecule has 0 aliphatic rings. The Balaban J connectivity index is 1.95. The minimum Gasteiger partial charge on any atom is -0.451 e. The Labute approximate surface area is 148 Å². The van der Waals surface area contributed by atoms with E-state index in [0.717, 1.165) is 44.8 Å². The first-order valence-corrected chi connectivity index (χ1v) is 8.42. The summed E-state index contributed by atoms with van der Waals surface area (Å²) in [6, 6.07) is 14.1. The summed E-state index contributed by atoms with van der Waals surface area (Å²) in [7, 11) is 0. The van der Waals surface area contributed by atoms with E-state index >= 15 is 0 Å². The number of hydrogen-bond acceptors (Lipinski definition) is 2. The number of furan rings is 1. The van der Waals surface area contributed by atoms with Crippen LogP contribution in [0.2, 0.25) is 0 Å². The maximum Gasteiger partial charge on any atom is 0.291 e. The van der Waals surface area contributed by atoms with Crippen molar-refractivity contribution in [2.45, 2.75) is 34.6 Å². The van der Waals surface area contributed by atoms with Crippen LogP contribution in [-0.2, 0) is 0 Å². The Morgan fingerprint density at radius 2 is 1.52 bits per heavy atom. The number of nitrogens with one attached hydrogen (secondary N) is 1. The lowest BCUT2D eigenvalue weighted by atomic mass is 10.0. The fourth-order valence-electron chi connectivity index (χ4n) is 3.02. The molecule has 1 amide bonds. The van der Waals surface area contributed by atoms with Crippen LogP contribution < -0.4 is 5.32 Å². The van der Waals surface area contributed by atoms with Gasteiger partial charge in [-0.05, 0) is 63.4 Å². The number of rotatable bonds is 3. The number of para-hydroxylation sites is 1. The average Bonchev–Trinajstić information content (AvgIpc) is 2.95. The van der Waals surface area contributed by atoms with E-state index in [1.807, 2.05) is 58.9 Å². The van der Waals surface area contributed by atoms with E-state index < -0.39 is 0 Å². The zero-order valence-electron chi connectivity index (χ0n) is 15.4. The molecule has 128 valence electrons. The summed E-state index contributed by atoms with van der Waals surface area (Å²) in [5, 5.41) is 2.99. The van der Waals surface area contributed by atoms with Gasteiger partial charge in [0, 0.05) is 16.8 Å². The molecular formula is C22H23NO2. The molecule has 0 atom stereocenters. The van der Waals surface area contributed by atoms with Crippen LogP contribution in [0.3, 0.4) is 0 Å². The monoisotopic (exact) mass is 333 g/mol. The third-order valence-corrected chi connectivity index (χ3v) is 4.50. The van der Waals surface area contributed by atoms with Gasteiger partial charge in [-0.3, -0.25) is 4.79 Å². The molecule has 2 aromatic carbocycles. The molecule has 3 aromatic rings. The molecule has 0 aliphatic heterocycles. The largest absolute Gasteiger partial charge is 0.451 e.